The number of hydrogen-bond acceptors (Lipinski definition) is 0. The molecule has 0 aromatic carbocycles. The molecule has 0 nitrogen and oxygen atoms in total. The summed E-state index contributed by atoms with van der Waals surface area (Å²) >= 11 is 0. The van der Waals surface area contributed by atoms with E-state index < -0.39 is 0 Å². The second kappa shape index (κ2) is 46.1. The topological polar surface area (TPSA) is 0 Å². The molecule has 0 saturated heterocycles. The molecule has 0 amide bonds. The minimum absolute atomic E-state index is 0. The Bertz CT molecular complexity index is 6.04. The van der Waals surface area contributed by atoms with E-state index >= 15 is 0 Å². The Morgan fingerprint density at radius 1 is 0.286 bits per heavy atom. The minimum atomic E-state index is 0. The van der Waals surface area contributed by atoms with Crippen LogP contribution >= 0.6 is 0 Å². The minimum Gasteiger partial charge on any atom is -1.00 e. The molecule has 0 aliphatic rings. The first-order valence-electron chi connectivity index (χ1n) is 0. The van der Waals surface area contributed by atoms with E-state index in [4.69, 9.17) is 0 Å². The molecule has 0 aromatic heterocycles. The Morgan fingerprint density at radius 3 is 0.286 bits per heavy atom. The Labute approximate surface area is 156 Å². The van der Waals surface area contributed by atoms with Crippen LogP contribution in [0.15, 0.2) is 0 Å². The van der Waals surface area contributed by atoms with Crippen molar-refractivity contribution >= 4 is 0 Å². The zero-order valence-electron chi connectivity index (χ0n) is 2.65. The van der Waals surface area contributed by atoms with E-state index in [1.165, 1.54) is 0 Å². The fourth-order valence-corrected chi connectivity index (χ4v) is 0. The van der Waals surface area contributed by atoms with Gasteiger partial charge in [-0.25, -0.2) is 0 Å². The summed E-state index contributed by atoms with van der Waals surface area (Å²) in [7, 11) is 0. The van der Waals surface area contributed by atoms with E-state index in [9.17, 15) is 0 Å². The summed E-state index contributed by atoms with van der Waals surface area (Å²) in [5.41, 5.74) is 0. The van der Waals surface area contributed by atoms with Gasteiger partial charge in [-0.05, 0) is 0 Å². The van der Waals surface area contributed by atoms with Crippen molar-refractivity contribution in [2.75, 3.05) is 0 Å². The molecule has 0 saturated carbocycles. The van der Waals surface area contributed by atoms with Crippen molar-refractivity contribution in [1.82, 2.24) is 0 Å². The first-order valence-corrected chi connectivity index (χ1v) is 0. The van der Waals surface area contributed by atoms with Crippen molar-refractivity contribution in [3.05, 3.63) is 0 Å². The summed E-state index contributed by atoms with van der Waals surface area (Å²) in [6, 6.07) is 0. The molecule has 7 heteroatoms. The average molecular weight is 481 g/mol. The third kappa shape index (κ3) is 37.0. The van der Waals surface area contributed by atoms with Crippen LogP contribution in [0.5, 0.6) is 0 Å². The predicted molar refractivity (Wildman–Crippen MR) is 0 cm³/mol. The van der Waals surface area contributed by atoms with E-state index in [0.717, 1.165) is 0 Å². The molecule has 0 atom stereocenters. The van der Waals surface area contributed by atoms with Gasteiger partial charge in [0, 0.05) is 0 Å². The summed E-state index contributed by atoms with van der Waals surface area (Å²) in [5.74, 6) is 0. The van der Waals surface area contributed by atoms with Crippen molar-refractivity contribution in [1.29, 1.82) is 0 Å². The van der Waals surface area contributed by atoms with Crippen LogP contribution in [-0.2, 0) is 0 Å². The summed E-state index contributed by atoms with van der Waals surface area (Å²) in [6.45, 7) is 0. The van der Waals surface area contributed by atoms with Gasteiger partial charge in [-0.2, -0.15) is 0 Å². The summed E-state index contributed by atoms with van der Waals surface area (Å²) in [6.07, 6.45) is 0. The van der Waals surface area contributed by atoms with Crippen molar-refractivity contribution in [3.8, 4) is 0 Å². The largest absolute Gasteiger partial charge is 3.00 e. The third-order valence-corrected chi connectivity index (χ3v) is 0. The number of rotatable bonds is 0. The van der Waals surface area contributed by atoms with E-state index in [2.05, 4.69) is 0 Å². The molecule has 0 heterocycles. The fourth-order valence-electron chi connectivity index (χ4n) is 0. The van der Waals surface area contributed by atoms with Crippen molar-refractivity contribution in [2.45, 2.75) is 0 Å². The Balaban J connectivity index is 0. The van der Waals surface area contributed by atoms with Crippen LogP contribution in [0.3, 0.4) is 0 Å². The molecule has 0 bridgehead atoms. The van der Waals surface area contributed by atoms with Gasteiger partial charge in [0.05, 0.1) is 0 Å². The zero-order valence-corrected chi connectivity index (χ0v) is 11.3. The van der Waals surface area contributed by atoms with E-state index in [-0.39, 0.29) is 161 Å². The second-order valence-corrected chi connectivity index (χ2v) is 0. The Morgan fingerprint density at radius 2 is 0.286 bits per heavy atom. The summed E-state index contributed by atoms with van der Waals surface area (Å²) in [4.78, 5) is 0. The molecule has 0 aliphatic carbocycles. The maximum Gasteiger partial charge on any atom is 3.00 e. The molecule has 0 spiro atoms. The first kappa shape index (κ1) is 61.4. The normalized spacial score (nSPS) is 0. The molecular weight excluding hydrogens is 481 g/mol. The van der Waals surface area contributed by atoms with E-state index in [0.29, 0.717) is 0 Å². The maximum absolute atomic E-state index is 0. The van der Waals surface area contributed by atoms with Crippen molar-refractivity contribution < 1.29 is 161 Å². The number of hydrogen-bond donors (Lipinski definition) is 0. The first-order chi connectivity index (χ1) is 0. The van der Waals surface area contributed by atoms with Crippen LogP contribution in [0.1, 0.15) is 0 Å². The van der Waals surface area contributed by atoms with Gasteiger partial charge in [0.15, 0.2) is 0 Å². The summed E-state index contributed by atoms with van der Waals surface area (Å²) in [5, 5.41) is 0. The third-order valence-electron chi connectivity index (χ3n) is 0. The van der Waals surface area contributed by atoms with Gasteiger partial charge in [-0.15, -0.1) is 0 Å². The monoisotopic (exact) mass is 481 g/mol. The molecule has 0 aliphatic heterocycles. The molecule has 0 radical (unpaired) electrons. The van der Waals surface area contributed by atoms with Crippen molar-refractivity contribution in [2.24, 2.45) is 0 Å². The quantitative estimate of drug-likeness (QED) is 0.323. The standard InChI is InChI=1S/5ClH.2Eu/h5*1H;;/q;;;;;2*+3/p-5. The average Bonchev–Trinajstić information content (AvgIpc) is 0. The molecule has 48 valence electrons. The molecule has 0 unspecified atom stereocenters. The second-order valence-electron chi connectivity index (χ2n) is 0. The van der Waals surface area contributed by atoms with Crippen LogP contribution in [0.25, 0.3) is 0 Å². The SMILES string of the molecule is [Cl-].[Cl-].[Cl-].[Cl-].[Cl-].[Eu+3].[Eu+3]. The Hall–Kier alpha value is 4.62. The van der Waals surface area contributed by atoms with Crippen LogP contribution < -0.4 is 62.0 Å². The van der Waals surface area contributed by atoms with Crippen LogP contribution in [0.2, 0.25) is 0 Å². The molecular formula is Cl5Eu2+. The Kier molecular flexibility index (Phi) is 404. The van der Waals surface area contributed by atoms with Crippen LogP contribution in [0, 0.1) is 98.8 Å². The summed E-state index contributed by atoms with van der Waals surface area (Å²) < 4.78 is 0. The van der Waals surface area contributed by atoms with Crippen molar-refractivity contribution in [3.63, 3.8) is 0 Å². The van der Waals surface area contributed by atoms with Gasteiger partial charge >= 0.3 is 98.8 Å². The van der Waals surface area contributed by atoms with Gasteiger partial charge in [-0.1, -0.05) is 0 Å². The number of halogens is 5. The van der Waals surface area contributed by atoms with Gasteiger partial charge in [0.1, 0.15) is 0 Å². The fraction of sp³-hybridized carbons (Fsp3) is 0. The van der Waals surface area contributed by atoms with Gasteiger partial charge in [0.25, 0.3) is 0 Å². The molecule has 0 N–H and O–H groups in total. The van der Waals surface area contributed by atoms with Gasteiger partial charge < -0.3 is 62.0 Å². The smallest absolute Gasteiger partial charge is 1.00 e. The molecule has 0 fully saturated rings. The van der Waals surface area contributed by atoms with Crippen LogP contribution in [0.4, 0.5) is 0 Å². The van der Waals surface area contributed by atoms with Gasteiger partial charge in [-0.3, -0.25) is 0 Å². The molecule has 0 rings (SSSR count). The van der Waals surface area contributed by atoms with Gasteiger partial charge in [0.2, 0.25) is 0 Å². The van der Waals surface area contributed by atoms with E-state index in [1.54, 1.807) is 0 Å². The zero-order chi connectivity index (χ0) is 0. The predicted octanol–water partition coefficient (Wildman–Crippen LogP) is -15.0. The molecule has 0 aromatic rings. The molecule has 7 heavy (non-hydrogen) atoms. The van der Waals surface area contributed by atoms with Crippen LogP contribution in [-0.4, -0.2) is 0 Å². The van der Waals surface area contributed by atoms with E-state index in [1.807, 2.05) is 0 Å². The maximum atomic E-state index is 0.